The van der Waals surface area contributed by atoms with Crippen molar-refractivity contribution >= 4 is 5.91 Å². The van der Waals surface area contributed by atoms with Gasteiger partial charge in [-0.25, -0.2) is 0 Å². The molecule has 2 rings (SSSR count). The fraction of sp³-hybridized carbons (Fsp3) is 0.450. The van der Waals surface area contributed by atoms with Crippen LogP contribution in [0.1, 0.15) is 36.0 Å². The molecule has 1 heterocycles. The molecule has 1 N–H and O–H groups in total. The Kier molecular flexibility index (Phi) is 7.55. The molecule has 0 spiro atoms. The van der Waals surface area contributed by atoms with Gasteiger partial charge >= 0.3 is 0 Å². The van der Waals surface area contributed by atoms with Crippen molar-refractivity contribution in [3.05, 3.63) is 41.9 Å². The predicted molar refractivity (Wildman–Crippen MR) is 103 cm³/mol. The molecule has 0 unspecified atom stereocenters. The molecule has 7 heteroatoms. The van der Waals surface area contributed by atoms with E-state index in [1.165, 1.54) is 21.3 Å². The van der Waals surface area contributed by atoms with Gasteiger partial charge in [0.25, 0.3) is 5.91 Å². The van der Waals surface area contributed by atoms with Crippen molar-refractivity contribution in [3.63, 3.8) is 0 Å². The zero-order chi connectivity index (χ0) is 19.8. The molecule has 0 bridgehead atoms. The summed E-state index contributed by atoms with van der Waals surface area (Å²) < 4.78 is 21.5. The van der Waals surface area contributed by atoms with Crippen molar-refractivity contribution in [1.29, 1.82) is 0 Å². The van der Waals surface area contributed by atoms with E-state index in [4.69, 9.17) is 18.6 Å². The molecule has 1 atom stereocenters. The van der Waals surface area contributed by atoms with Gasteiger partial charge in [0.15, 0.2) is 11.5 Å². The number of hydrogen-bond donors (Lipinski definition) is 1. The lowest BCUT2D eigenvalue weighted by Crippen LogP contribution is -2.37. The lowest BCUT2D eigenvalue weighted by Gasteiger charge is -2.28. The van der Waals surface area contributed by atoms with Crippen LogP contribution in [0.3, 0.4) is 0 Å². The number of nitrogens with one attached hydrogen (secondary N) is 1. The van der Waals surface area contributed by atoms with E-state index in [9.17, 15) is 4.79 Å². The van der Waals surface area contributed by atoms with Crippen molar-refractivity contribution in [2.75, 3.05) is 41.0 Å². The highest BCUT2D eigenvalue weighted by atomic mass is 16.5. The van der Waals surface area contributed by atoms with Crippen LogP contribution in [0, 0.1) is 0 Å². The summed E-state index contributed by atoms with van der Waals surface area (Å²) in [5.74, 6) is 1.93. The van der Waals surface area contributed by atoms with Gasteiger partial charge in [0.05, 0.1) is 33.6 Å². The first kappa shape index (κ1) is 20.6. The van der Waals surface area contributed by atoms with Crippen LogP contribution in [0.25, 0.3) is 0 Å². The van der Waals surface area contributed by atoms with E-state index < -0.39 is 0 Å². The van der Waals surface area contributed by atoms with Gasteiger partial charge in [-0.05, 0) is 37.4 Å². The van der Waals surface area contributed by atoms with Crippen molar-refractivity contribution < 1.29 is 23.4 Å². The maximum Gasteiger partial charge on any atom is 0.251 e. The number of hydrogen-bond acceptors (Lipinski definition) is 6. The summed E-state index contributed by atoms with van der Waals surface area (Å²) in [7, 11) is 4.57. The number of furan rings is 1. The summed E-state index contributed by atoms with van der Waals surface area (Å²) in [6.07, 6.45) is 1.65. The normalized spacial score (nSPS) is 11.9. The van der Waals surface area contributed by atoms with Crippen LogP contribution in [0.5, 0.6) is 17.2 Å². The van der Waals surface area contributed by atoms with Gasteiger partial charge in [-0.2, -0.15) is 0 Å². The first-order valence-electron chi connectivity index (χ1n) is 8.95. The van der Waals surface area contributed by atoms with Crippen molar-refractivity contribution in [3.8, 4) is 17.2 Å². The van der Waals surface area contributed by atoms with Gasteiger partial charge in [-0.3, -0.25) is 9.69 Å². The zero-order valence-electron chi connectivity index (χ0n) is 16.6. The summed E-state index contributed by atoms with van der Waals surface area (Å²) in [5.41, 5.74) is 0.433. The number of nitrogens with zero attached hydrogens (tertiary/aromatic N) is 1. The quantitative estimate of drug-likeness (QED) is 0.687. The molecule has 1 aromatic carbocycles. The first-order valence-corrected chi connectivity index (χ1v) is 8.95. The van der Waals surface area contributed by atoms with Crippen LogP contribution in [-0.2, 0) is 0 Å². The van der Waals surface area contributed by atoms with Crippen LogP contribution in [0.4, 0.5) is 0 Å². The van der Waals surface area contributed by atoms with Crippen molar-refractivity contribution in [2.24, 2.45) is 0 Å². The Balaban J connectivity index is 2.20. The van der Waals surface area contributed by atoms with Crippen molar-refractivity contribution in [2.45, 2.75) is 19.9 Å². The molecular formula is C20H28N2O5. The van der Waals surface area contributed by atoms with E-state index in [1.807, 2.05) is 12.1 Å². The van der Waals surface area contributed by atoms with E-state index in [2.05, 4.69) is 24.1 Å². The Morgan fingerprint density at radius 2 is 1.74 bits per heavy atom. The summed E-state index contributed by atoms with van der Waals surface area (Å²) >= 11 is 0. The molecule has 0 aliphatic rings. The van der Waals surface area contributed by atoms with Crippen LogP contribution in [-0.4, -0.2) is 51.8 Å². The molecule has 0 aliphatic heterocycles. The predicted octanol–water partition coefficient (Wildman–Crippen LogP) is 3.12. The highest BCUT2D eigenvalue weighted by Gasteiger charge is 2.22. The third kappa shape index (κ3) is 4.74. The minimum Gasteiger partial charge on any atom is -0.493 e. The fourth-order valence-corrected chi connectivity index (χ4v) is 3.06. The topological polar surface area (TPSA) is 73.2 Å². The number of benzene rings is 1. The lowest BCUT2D eigenvalue weighted by molar-refractivity contribution is 0.0929. The van der Waals surface area contributed by atoms with Crippen LogP contribution in [0.15, 0.2) is 34.9 Å². The summed E-state index contributed by atoms with van der Waals surface area (Å²) in [6, 6.07) is 7.01. The molecule has 1 amide bonds. The smallest absolute Gasteiger partial charge is 0.251 e. The largest absolute Gasteiger partial charge is 0.493 e. The van der Waals surface area contributed by atoms with Crippen molar-refractivity contribution in [1.82, 2.24) is 10.2 Å². The molecule has 0 saturated carbocycles. The number of amides is 1. The Hall–Kier alpha value is -2.67. The number of ether oxygens (including phenoxy) is 3. The standard InChI is InChI=1S/C20H28N2O5/c1-6-22(7-2)15(16-9-8-10-27-16)13-21-20(23)14-11-17(24-3)19(26-5)18(12-14)25-4/h8-12,15H,6-7,13H2,1-5H3,(H,21,23)/t15-/m0/s1. The summed E-state index contributed by atoms with van der Waals surface area (Å²) in [5, 5.41) is 2.98. The van der Waals surface area contributed by atoms with Gasteiger partial charge in [-0.15, -0.1) is 0 Å². The minimum absolute atomic E-state index is 0.0408. The minimum atomic E-state index is -0.224. The number of likely N-dealkylation sites (N-methyl/N-ethyl adjacent to an activating group) is 1. The second-order valence-corrected chi connectivity index (χ2v) is 5.88. The first-order chi connectivity index (χ1) is 13.1. The highest BCUT2D eigenvalue weighted by Crippen LogP contribution is 2.38. The average Bonchev–Trinajstić information content (AvgIpc) is 3.23. The third-order valence-corrected chi connectivity index (χ3v) is 4.51. The highest BCUT2D eigenvalue weighted by molar-refractivity contribution is 5.95. The number of carbonyl (C=O) groups is 1. The monoisotopic (exact) mass is 376 g/mol. The number of rotatable bonds is 10. The van der Waals surface area contributed by atoms with Crippen LogP contribution < -0.4 is 19.5 Å². The average molecular weight is 376 g/mol. The molecule has 27 heavy (non-hydrogen) atoms. The van der Waals surface area contributed by atoms with Gasteiger partial charge in [0.2, 0.25) is 5.75 Å². The summed E-state index contributed by atoms with van der Waals surface area (Å²) in [6.45, 7) is 6.29. The maximum atomic E-state index is 12.7. The van der Waals surface area contributed by atoms with Gasteiger partial charge in [-0.1, -0.05) is 13.8 Å². The molecule has 1 aromatic heterocycles. The second kappa shape index (κ2) is 9.87. The Bertz CT molecular complexity index is 701. The molecule has 0 saturated heterocycles. The van der Waals surface area contributed by atoms with E-state index in [0.717, 1.165) is 18.8 Å². The molecule has 148 valence electrons. The zero-order valence-corrected chi connectivity index (χ0v) is 16.6. The number of methoxy groups -OCH3 is 3. The van der Waals surface area contributed by atoms with Gasteiger partial charge in [0, 0.05) is 12.1 Å². The molecule has 0 radical (unpaired) electrons. The summed E-state index contributed by atoms with van der Waals surface area (Å²) in [4.78, 5) is 15.0. The van der Waals surface area contributed by atoms with E-state index in [0.29, 0.717) is 29.4 Å². The molecule has 7 nitrogen and oxygen atoms in total. The molecule has 0 aliphatic carbocycles. The molecule has 2 aromatic rings. The van der Waals surface area contributed by atoms with E-state index in [1.54, 1.807) is 18.4 Å². The lowest BCUT2D eigenvalue weighted by atomic mass is 10.1. The Morgan fingerprint density at radius 3 is 2.19 bits per heavy atom. The SMILES string of the molecule is CCN(CC)[C@@H](CNC(=O)c1cc(OC)c(OC)c(OC)c1)c1ccco1. The number of carbonyl (C=O) groups excluding carboxylic acids is 1. The molecular weight excluding hydrogens is 348 g/mol. The van der Waals surface area contributed by atoms with Gasteiger partial charge in [0.1, 0.15) is 5.76 Å². The molecule has 0 fully saturated rings. The maximum absolute atomic E-state index is 12.7. The fourth-order valence-electron chi connectivity index (χ4n) is 3.06. The van der Waals surface area contributed by atoms with Crippen LogP contribution in [0.2, 0.25) is 0 Å². The Morgan fingerprint density at radius 1 is 1.11 bits per heavy atom. The van der Waals surface area contributed by atoms with E-state index >= 15 is 0 Å². The second-order valence-electron chi connectivity index (χ2n) is 5.88. The van der Waals surface area contributed by atoms with Crippen LogP contribution >= 0.6 is 0 Å². The third-order valence-electron chi connectivity index (χ3n) is 4.51. The Labute approximate surface area is 160 Å². The van der Waals surface area contributed by atoms with Gasteiger partial charge < -0.3 is 23.9 Å². The van der Waals surface area contributed by atoms with E-state index in [-0.39, 0.29) is 11.9 Å².